The maximum absolute atomic E-state index is 13.2. The second kappa shape index (κ2) is 11.7. The molecule has 4 heterocycles. The molecule has 2 aromatic rings. The van der Waals surface area contributed by atoms with Crippen LogP contribution in [0.1, 0.15) is 67.9 Å². The zero-order valence-corrected chi connectivity index (χ0v) is 21.2. The van der Waals surface area contributed by atoms with Crippen molar-refractivity contribution in [3.05, 3.63) is 35.0 Å². The number of alkyl halides is 2. The Kier molecular flexibility index (Phi) is 8.15. The first-order valence-corrected chi connectivity index (χ1v) is 13.4. The molecule has 1 fully saturated rings. The van der Waals surface area contributed by atoms with Gasteiger partial charge in [-0.25, -0.2) is 18.6 Å². The molecule has 0 radical (unpaired) electrons. The lowest BCUT2D eigenvalue weighted by atomic mass is 9.79. The van der Waals surface area contributed by atoms with Crippen LogP contribution in [0.25, 0.3) is 0 Å². The van der Waals surface area contributed by atoms with Gasteiger partial charge in [-0.3, -0.25) is 4.79 Å². The quantitative estimate of drug-likeness (QED) is 0.403. The van der Waals surface area contributed by atoms with Crippen molar-refractivity contribution in [1.82, 2.24) is 25.1 Å². The number of hydrogen-bond donors (Lipinski definition) is 3. The number of ether oxygens (including phenoxy) is 1. The van der Waals surface area contributed by atoms with Crippen LogP contribution < -0.4 is 10.6 Å². The molecule has 12 heteroatoms. The number of rotatable bonds is 11. The molecule has 0 unspecified atom stereocenters. The summed E-state index contributed by atoms with van der Waals surface area (Å²) in [7, 11) is 0. The number of carbonyl (C=O) groups is 2. The lowest BCUT2D eigenvalue weighted by Gasteiger charge is -2.35. The van der Waals surface area contributed by atoms with Gasteiger partial charge in [0, 0.05) is 38.2 Å². The third-order valence-electron chi connectivity index (χ3n) is 7.87. The van der Waals surface area contributed by atoms with E-state index in [0.29, 0.717) is 24.6 Å². The Hall–Kier alpha value is -3.15. The SMILES string of the molecule is O=C(N[C@@H](CCOC1CC(CCc2ccc3c(n2)NCCC3)C1)C(=O)O)[C@H]1CCc2nnc(C(F)F)n2C1. The summed E-state index contributed by atoms with van der Waals surface area (Å²) in [4.78, 5) is 29.2. The summed E-state index contributed by atoms with van der Waals surface area (Å²) in [5.74, 6) is -0.688. The Morgan fingerprint density at radius 3 is 2.87 bits per heavy atom. The summed E-state index contributed by atoms with van der Waals surface area (Å²) in [6, 6.07) is 3.20. The first-order chi connectivity index (χ1) is 18.4. The molecule has 1 aliphatic carbocycles. The maximum atomic E-state index is 13.2. The molecule has 38 heavy (non-hydrogen) atoms. The van der Waals surface area contributed by atoms with Crippen LogP contribution in [-0.2, 0) is 40.1 Å². The molecule has 2 aliphatic heterocycles. The topological polar surface area (TPSA) is 131 Å². The molecule has 2 aromatic heterocycles. The standard InChI is InChI=1S/C26H34F2N6O4/c27-22(28)24-33-32-21-8-5-17(14-34(21)24)25(35)31-20(26(36)37)9-11-38-19-12-15(13-19)3-6-18-7-4-16-2-1-10-29-23(16)30-18/h4,7,15,17,19-20,22H,1-3,5-6,8-14H2,(H,29,30)(H,31,35)(H,36,37)/t15?,17-,19?,20-/m0/s1. The molecule has 5 rings (SSSR count). The van der Waals surface area contributed by atoms with Gasteiger partial charge in [0.05, 0.1) is 12.0 Å². The van der Waals surface area contributed by atoms with Crippen LogP contribution in [0.3, 0.4) is 0 Å². The maximum Gasteiger partial charge on any atom is 0.326 e. The fraction of sp³-hybridized carbons (Fsp3) is 0.654. The number of halogens is 2. The van der Waals surface area contributed by atoms with Crippen molar-refractivity contribution in [3.63, 3.8) is 0 Å². The highest BCUT2D eigenvalue weighted by Gasteiger charge is 2.33. The highest BCUT2D eigenvalue weighted by molar-refractivity contribution is 5.85. The van der Waals surface area contributed by atoms with Crippen LogP contribution in [-0.4, -0.2) is 62.0 Å². The molecule has 0 saturated heterocycles. The number of aromatic nitrogens is 4. The summed E-state index contributed by atoms with van der Waals surface area (Å²) in [6.07, 6.45) is 4.25. The summed E-state index contributed by atoms with van der Waals surface area (Å²) in [5.41, 5.74) is 2.39. The fourth-order valence-corrected chi connectivity index (χ4v) is 5.53. The van der Waals surface area contributed by atoms with Gasteiger partial charge in [-0.15, -0.1) is 10.2 Å². The molecule has 1 amide bonds. The van der Waals surface area contributed by atoms with E-state index in [2.05, 4.69) is 33.0 Å². The number of pyridine rings is 1. The molecule has 10 nitrogen and oxygen atoms in total. The van der Waals surface area contributed by atoms with Crippen LogP contribution in [0.15, 0.2) is 12.1 Å². The average Bonchev–Trinajstić information content (AvgIpc) is 3.32. The number of aliphatic carboxylic acids is 1. The number of aryl methyl sites for hydroxylation is 3. The minimum absolute atomic E-state index is 0.0115. The van der Waals surface area contributed by atoms with Gasteiger partial charge in [0.25, 0.3) is 6.43 Å². The van der Waals surface area contributed by atoms with Crippen molar-refractivity contribution >= 4 is 17.7 Å². The number of carboxylic acid groups (broad SMARTS) is 1. The molecule has 0 aromatic carbocycles. The van der Waals surface area contributed by atoms with E-state index in [1.54, 1.807) is 0 Å². The number of anilines is 1. The predicted octanol–water partition coefficient (Wildman–Crippen LogP) is 2.92. The average molecular weight is 533 g/mol. The van der Waals surface area contributed by atoms with Crippen LogP contribution in [0.4, 0.5) is 14.6 Å². The van der Waals surface area contributed by atoms with Crippen molar-refractivity contribution in [2.24, 2.45) is 11.8 Å². The zero-order chi connectivity index (χ0) is 26.6. The Bertz CT molecular complexity index is 1150. The highest BCUT2D eigenvalue weighted by atomic mass is 19.3. The first-order valence-electron chi connectivity index (χ1n) is 13.4. The van der Waals surface area contributed by atoms with E-state index in [-0.39, 0.29) is 25.7 Å². The molecule has 1 saturated carbocycles. The number of carboxylic acids is 1. The zero-order valence-electron chi connectivity index (χ0n) is 21.2. The van der Waals surface area contributed by atoms with E-state index in [4.69, 9.17) is 9.72 Å². The van der Waals surface area contributed by atoms with Crippen molar-refractivity contribution in [1.29, 1.82) is 0 Å². The van der Waals surface area contributed by atoms with Crippen LogP contribution in [0, 0.1) is 11.8 Å². The molecule has 3 N–H and O–H groups in total. The molecule has 0 bridgehead atoms. The van der Waals surface area contributed by atoms with Gasteiger partial charge in [0.1, 0.15) is 17.7 Å². The van der Waals surface area contributed by atoms with E-state index in [0.717, 1.165) is 56.6 Å². The molecule has 2 atom stereocenters. The Labute approximate surface area is 219 Å². The van der Waals surface area contributed by atoms with Gasteiger partial charge in [-0.1, -0.05) is 6.07 Å². The number of carbonyl (C=O) groups excluding carboxylic acids is 1. The number of amides is 1. The largest absolute Gasteiger partial charge is 0.480 e. The molecular formula is C26H34F2N6O4. The summed E-state index contributed by atoms with van der Waals surface area (Å²) in [6.45, 7) is 1.21. The lowest BCUT2D eigenvalue weighted by Crippen LogP contribution is -2.46. The highest BCUT2D eigenvalue weighted by Crippen LogP contribution is 2.34. The van der Waals surface area contributed by atoms with Crippen molar-refractivity contribution < 1.29 is 28.2 Å². The minimum atomic E-state index is -2.79. The smallest absolute Gasteiger partial charge is 0.326 e. The van der Waals surface area contributed by atoms with Gasteiger partial charge in [0.2, 0.25) is 5.91 Å². The van der Waals surface area contributed by atoms with Crippen molar-refractivity contribution in [3.8, 4) is 0 Å². The third-order valence-corrected chi connectivity index (χ3v) is 7.87. The van der Waals surface area contributed by atoms with Crippen molar-refractivity contribution in [2.75, 3.05) is 18.5 Å². The third kappa shape index (κ3) is 6.11. The number of hydrogen-bond acceptors (Lipinski definition) is 7. The molecular weight excluding hydrogens is 498 g/mol. The van der Waals surface area contributed by atoms with Gasteiger partial charge in [-0.05, 0) is 62.5 Å². The lowest BCUT2D eigenvalue weighted by molar-refractivity contribution is -0.143. The second-order valence-corrected chi connectivity index (χ2v) is 10.5. The fourth-order valence-electron chi connectivity index (χ4n) is 5.53. The van der Waals surface area contributed by atoms with E-state index in [1.807, 2.05) is 0 Å². The van der Waals surface area contributed by atoms with E-state index in [9.17, 15) is 23.5 Å². The Balaban J connectivity index is 1.01. The number of nitrogens with zero attached hydrogens (tertiary/aromatic N) is 4. The van der Waals surface area contributed by atoms with E-state index < -0.39 is 36.1 Å². The summed E-state index contributed by atoms with van der Waals surface area (Å²) in [5, 5.41) is 22.8. The van der Waals surface area contributed by atoms with E-state index >= 15 is 0 Å². The van der Waals surface area contributed by atoms with Gasteiger partial charge in [0.15, 0.2) is 5.82 Å². The Morgan fingerprint density at radius 2 is 2.08 bits per heavy atom. The van der Waals surface area contributed by atoms with Crippen LogP contribution in [0.5, 0.6) is 0 Å². The molecule has 206 valence electrons. The summed E-state index contributed by atoms with van der Waals surface area (Å²) < 4.78 is 33.4. The minimum Gasteiger partial charge on any atom is -0.480 e. The summed E-state index contributed by atoms with van der Waals surface area (Å²) >= 11 is 0. The van der Waals surface area contributed by atoms with Crippen LogP contribution >= 0.6 is 0 Å². The first kappa shape index (κ1) is 26.5. The Morgan fingerprint density at radius 1 is 1.24 bits per heavy atom. The molecule has 0 spiro atoms. The normalized spacial score (nSPS) is 23.1. The molecule has 3 aliphatic rings. The number of fused-ring (bicyclic) bond motifs is 2. The van der Waals surface area contributed by atoms with Gasteiger partial charge < -0.3 is 25.0 Å². The van der Waals surface area contributed by atoms with Gasteiger partial charge >= 0.3 is 5.97 Å². The predicted molar refractivity (Wildman–Crippen MR) is 133 cm³/mol. The van der Waals surface area contributed by atoms with Crippen LogP contribution in [0.2, 0.25) is 0 Å². The second-order valence-electron chi connectivity index (χ2n) is 10.5. The number of nitrogens with one attached hydrogen (secondary N) is 2. The van der Waals surface area contributed by atoms with Gasteiger partial charge in [-0.2, -0.15) is 0 Å². The van der Waals surface area contributed by atoms with Crippen molar-refractivity contribution in [2.45, 2.75) is 82.9 Å². The monoisotopic (exact) mass is 532 g/mol. The van der Waals surface area contributed by atoms with E-state index in [1.165, 1.54) is 10.1 Å².